The summed E-state index contributed by atoms with van der Waals surface area (Å²) in [6.45, 7) is 9.82. The zero-order valence-electron chi connectivity index (χ0n) is 19.0. The molecule has 1 aromatic heterocycles. The SMILES string of the molecule is CCC1C=CC(NCc2c(F)ccc(F)c2C)=C(N2CCN(c3cnccn3)CC2)C1C. The Morgan fingerprint density at radius 3 is 2.47 bits per heavy atom. The van der Waals surface area contributed by atoms with E-state index in [4.69, 9.17) is 0 Å². The summed E-state index contributed by atoms with van der Waals surface area (Å²) in [6.07, 6.45) is 10.6. The number of allylic oxidation sites excluding steroid dienone is 3. The first-order chi connectivity index (χ1) is 15.5. The van der Waals surface area contributed by atoms with Crippen molar-refractivity contribution in [2.24, 2.45) is 11.8 Å². The first kappa shape index (κ1) is 22.2. The van der Waals surface area contributed by atoms with Crippen molar-refractivity contribution in [1.29, 1.82) is 0 Å². The van der Waals surface area contributed by atoms with Crippen molar-refractivity contribution in [3.63, 3.8) is 0 Å². The molecule has 0 saturated carbocycles. The third-order valence-electron chi connectivity index (χ3n) is 6.76. The molecule has 1 aliphatic carbocycles. The average Bonchev–Trinajstić information content (AvgIpc) is 2.82. The van der Waals surface area contributed by atoms with Gasteiger partial charge in [-0.05, 0) is 43.0 Å². The molecule has 32 heavy (non-hydrogen) atoms. The van der Waals surface area contributed by atoms with Gasteiger partial charge in [0.25, 0.3) is 0 Å². The highest BCUT2D eigenvalue weighted by Crippen LogP contribution is 2.34. The lowest BCUT2D eigenvalue weighted by atomic mass is 9.83. The standard InChI is InChI=1S/C25H31F2N5/c1-4-19-5-8-23(30-15-20-18(3)21(26)6-7-22(20)27)25(17(19)2)32-13-11-31(12-14-32)24-16-28-9-10-29-24/h5-10,16-17,19,30H,4,11-15H2,1-3H3. The number of rotatable bonds is 6. The van der Waals surface area contributed by atoms with E-state index in [9.17, 15) is 8.78 Å². The van der Waals surface area contributed by atoms with Crippen LogP contribution < -0.4 is 10.2 Å². The maximum Gasteiger partial charge on any atom is 0.147 e. The van der Waals surface area contributed by atoms with E-state index >= 15 is 0 Å². The number of hydrogen-bond acceptors (Lipinski definition) is 5. The van der Waals surface area contributed by atoms with Gasteiger partial charge in [0.15, 0.2) is 0 Å². The van der Waals surface area contributed by atoms with Gasteiger partial charge in [0.1, 0.15) is 17.5 Å². The lowest BCUT2D eigenvalue weighted by Gasteiger charge is -2.42. The van der Waals surface area contributed by atoms with E-state index < -0.39 is 0 Å². The minimum Gasteiger partial charge on any atom is -0.379 e. The van der Waals surface area contributed by atoms with Crippen LogP contribution in [0.2, 0.25) is 0 Å². The van der Waals surface area contributed by atoms with E-state index in [2.05, 4.69) is 51.1 Å². The Balaban J connectivity index is 1.55. The Hall–Kier alpha value is -2.96. The molecule has 5 nitrogen and oxygen atoms in total. The molecule has 1 aromatic carbocycles. The van der Waals surface area contributed by atoms with Gasteiger partial charge >= 0.3 is 0 Å². The second kappa shape index (κ2) is 9.67. The van der Waals surface area contributed by atoms with Crippen molar-refractivity contribution in [1.82, 2.24) is 20.2 Å². The van der Waals surface area contributed by atoms with Crippen LogP contribution in [0.5, 0.6) is 0 Å². The zero-order valence-corrected chi connectivity index (χ0v) is 19.0. The van der Waals surface area contributed by atoms with Gasteiger partial charge in [-0.25, -0.2) is 13.8 Å². The van der Waals surface area contributed by atoms with E-state index in [0.717, 1.165) is 44.1 Å². The molecule has 1 saturated heterocycles. The van der Waals surface area contributed by atoms with E-state index in [0.29, 0.717) is 23.0 Å². The molecule has 1 fully saturated rings. The van der Waals surface area contributed by atoms with Crippen molar-refractivity contribution in [3.05, 3.63) is 77.0 Å². The van der Waals surface area contributed by atoms with Crippen LogP contribution in [0.1, 0.15) is 31.4 Å². The molecule has 2 heterocycles. The molecule has 2 atom stereocenters. The molecule has 0 amide bonds. The van der Waals surface area contributed by atoms with Gasteiger partial charge in [-0.15, -0.1) is 0 Å². The van der Waals surface area contributed by atoms with Crippen molar-refractivity contribution < 1.29 is 8.78 Å². The zero-order chi connectivity index (χ0) is 22.7. The first-order valence-corrected chi connectivity index (χ1v) is 11.3. The summed E-state index contributed by atoms with van der Waals surface area (Å²) in [7, 11) is 0. The van der Waals surface area contributed by atoms with Gasteiger partial charge in [0.05, 0.1) is 11.9 Å². The van der Waals surface area contributed by atoms with Crippen molar-refractivity contribution in [2.45, 2.75) is 33.7 Å². The molecule has 1 N–H and O–H groups in total. The molecule has 0 spiro atoms. The van der Waals surface area contributed by atoms with Crippen LogP contribution in [0.15, 0.2) is 54.3 Å². The van der Waals surface area contributed by atoms with Crippen LogP contribution in [0.4, 0.5) is 14.6 Å². The third-order valence-corrected chi connectivity index (χ3v) is 6.76. The molecule has 0 bridgehead atoms. The quantitative estimate of drug-likeness (QED) is 0.722. The van der Waals surface area contributed by atoms with E-state index in [1.165, 1.54) is 17.8 Å². The number of nitrogens with one attached hydrogen (secondary N) is 1. The Morgan fingerprint density at radius 1 is 1.06 bits per heavy atom. The predicted octanol–water partition coefficient (Wildman–Crippen LogP) is 4.42. The second-order valence-electron chi connectivity index (χ2n) is 8.54. The van der Waals surface area contributed by atoms with E-state index in [1.54, 1.807) is 25.5 Å². The van der Waals surface area contributed by atoms with E-state index in [1.807, 2.05) is 0 Å². The molecule has 0 radical (unpaired) electrons. The number of nitrogens with zero attached hydrogens (tertiary/aromatic N) is 4. The molecular weight excluding hydrogens is 408 g/mol. The van der Waals surface area contributed by atoms with Crippen LogP contribution in [0.25, 0.3) is 0 Å². The van der Waals surface area contributed by atoms with Gasteiger partial charge in [0.2, 0.25) is 0 Å². The van der Waals surface area contributed by atoms with Crippen LogP contribution in [0, 0.1) is 30.4 Å². The molecule has 4 rings (SSSR count). The van der Waals surface area contributed by atoms with Crippen molar-refractivity contribution in [3.8, 4) is 0 Å². The van der Waals surface area contributed by atoms with Gasteiger partial charge in [-0.3, -0.25) is 4.98 Å². The van der Waals surface area contributed by atoms with Crippen LogP contribution >= 0.6 is 0 Å². The lowest BCUT2D eigenvalue weighted by Crippen LogP contribution is -2.48. The van der Waals surface area contributed by atoms with Crippen LogP contribution in [-0.4, -0.2) is 41.0 Å². The van der Waals surface area contributed by atoms with Gasteiger partial charge < -0.3 is 15.1 Å². The summed E-state index contributed by atoms with van der Waals surface area (Å²) >= 11 is 0. The topological polar surface area (TPSA) is 44.3 Å². The highest BCUT2D eigenvalue weighted by Gasteiger charge is 2.30. The molecule has 2 aliphatic rings. The summed E-state index contributed by atoms with van der Waals surface area (Å²) in [4.78, 5) is 13.3. The number of halogens is 2. The largest absolute Gasteiger partial charge is 0.379 e. The monoisotopic (exact) mass is 439 g/mol. The normalized spacial score (nSPS) is 21.3. The fourth-order valence-electron chi connectivity index (χ4n) is 4.74. The highest BCUT2D eigenvalue weighted by molar-refractivity contribution is 5.38. The summed E-state index contributed by atoms with van der Waals surface area (Å²) in [5.74, 6) is 0.946. The maximum absolute atomic E-state index is 14.4. The summed E-state index contributed by atoms with van der Waals surface area (Å²) in [6, 6.07) is 2.39. The number of benzene rings is 1. The minimum absolute atomic E-state index is 0.252. The Morgan fingerprint density at radius 2 is 1.78 bits per heavy atom. The molecule has 7 heteroatoms. The summed E-state index contributed by atoms with van der Waals surface area (Å²) in [5, 5.41) is 3.42. The summed E-state index contributed by atoms with van der Waals surface area (Å²) < 4.78 is 28.4. The predicted molar refractivity (Wildman–Crippen MR) is 123 cm³/mol. The molecule has 2 unspecified atom stereocenters. The molecular formula is C25H31F2N5. The smallest absolute Gasteiger partial charge is 0.147 e. The first-order valence-electron chi connectivity index (χ1n) is 11.3. The Bertz CT molecular complexity index is 997. The van der Waals surface area contributed by atoms with Crippen LogP contribution in [-0.2, 0) is 6.54 Å². The Kier molecular flexibility index (Phi) is 6.72. The minimum atomic E-state index is -0.379. The molecule has 1 aliphatic heterocycles. The van der Waals surface area contributed by atoms with Crippen molar-refractivity contribution >= 4 is 5.82 Å². The fraction of sp³-hybridized carbons (Fsp3) is 0.440. The highest BCUT2D eigenvalue weighted by atomic mass is 19.1. The number of piperazine rings is 1. The molecule has 2 aromatic rings. The second-order valence-corrected chi connectivity index (χ2v) is 8.54. The summed E-state index contributed by atoms with van der Waals surface area (Å²) in [5.41, 5.74) is 2.99. The maximum atomic E-state index is 14.4. The fourth-order valence-corrected chi connectivity index (χ4v) is 4.74. The van der Waals surface area contributed by atoms with E-state index in [-0.39, 0.29) is 18.2 Å². The number of anilines is 1. The van der Waals surface area contributed by atoms with Gasteiger partial charge in [-0.2, -0.15) is 0 Å². The number of hydrogen-bond donors (Lipinski definition) is 1. The molecule has 170 valence electrons. The average molecular weight is 440 g/mol. The van der Waals surface area contributed by atoms with Crippen molar-refractivity contribution in [2.75, 3.05) is 31.1 Å². The van der Waals surface area contributed by atoms with Crippen LogP contribution in [0.3, 0.4) is 0 Å². The number of aromatic nitrogens is 2. The third kappa shape index (κ3) is 4.47. The Labute approximate surface area is 188 Å². The van der Waals surface area contributed by atoms with Gasteiger partial charge in [-0.1, -0.05) is 19.9 Å². The lowest BCUT2D eigenvalue weighted by molar-refractivity contribution is 0.259. The van der Waals surface area contributed by atoms with Gasteiger partial charge in [0, 0.05) is 62.3 Å².